The predicted octanol–water partition coefficient (Wildman–Crippen LogP) is 1.41. The van der Waals surface area contributed by atoms with Crippen LogP contribution in [0.15, 0.2) is 0 Å². The van der Waals surface area contributed by atoms with Gasteiger partial charge in [-0.05, 0) is 19.4 Å². The fourth-order valence-electron chi connectivity index (χ4n) is 0.795. The van der Waals surface area contributed by atoms with Crippen LogP contribution < -0.4 is 5.73 Å². The molecule has 3 nitrogen and oxygen atoms in total. The summed E-state index contributed by atoms with van der Waals surface area (Å²) in [7, 11) is -1.99. The molecule has 0 saturated carbocycles. The summed E-state index contributed by atoms with van der Waals surface area (Å²) in [6, 6.07) is 0. The van der Waals surface area contributed by atoms with E-state index in [1.54, 1.807) is 0 Å². The van der Waals surface area contributed by atoms with Crippen LogP contribution in [0, 0.1) is 0 Å². The minimum atomic E-state index is -1.99. The van der Waals surface area contributed by atoms with E-state index in [0.717, 1.165) is 26.1 Å². The summed E-state index contributed by atoms with van der Waals surface area (Å²) in [5.41, 5.74) is 5.60. The van der Waals surface area contributed by atoms with Crippen LogP contribution >= 0.6 is 0 Å². The van der Waals surface area contributed by atoms with E-state index in [-0.39, 0.29) is 0 Å². The van der Waals surface area contributed by atoms with E-state index in [4.69, 9.17) is 14.6 Å². The lowest BCUT2D eigenvalue weighted by atomic mass is 10.5. The Morgan fingerprint density at radius 1 is 1.08 bits per heavy atom. The van der Waals surface area contributed by atoms with Gasteiger partial charge in [0.2, 0.25) is 0 Å². The third-order valence-corrected chi connectivity index (χ3v) is 3.96. The van der Waals surface area contributed by atoms with E-state index in [9.17, 15) is 0 Å². The van der Waals surface area contributed by atoms with Gasteiger partial charge in [0, 0.05) is 19.4 Å². The van der Waals surface area contributed by atoms with Crippen molar-refractivity contribution in [2.24, 2.45) is 5.73 Å². The topological polar surface area (TPSA) is 44.5 Å². The molecule has 74 valence electrons. The molecule has 0 radical (unpaired) electrons. The molecule has 0 spiro atoms. The van der Waals surface area contributed by atoms with Crippen molar-refractivity contribution in [2.75, 3.05) is 19.4 Å². The molecule has 0 fully saturated rings. The van der Waals surface area contributed by atoms with Crippen molar-refractivity contribution in [1.29, 1.82) is 0 Å². The molecule has 0 saturated heterocycles. The second kappa shape index (κ2) is 6.60. The molecule has 0 heterocycles. The molecule has 0 unspecified atom stereocenters. The van der Waals surface area contributed by atoms with E-state index >= 15 is 0 Å². The van der Waals surface area contributed by atoms with E-state index in [0.29, 0.717) is 6.17 Å². The van der Waals surface area contributed by atoms with Crippen molar-refractivity contribution >= 4 is 8.56 Å². The van der Waals surface area contributed by atoms with E-state index in [1.807, 2.05) is 6.55 Å². The number of hydrogen-bond acceptors (Lipinski definition) is 3. The van der Waals surface area contributed by atoms with Gasteiger partial charge in [0.15, 0.2) is 0 Å². The summed E-state index contributed by atoms with van der Waals surface area (Å²) < 4.78 is 11.2. The first-order valence-electron chi connectivity index (χ1n) is 4.66. The highest BCUT2D eigenvalue weighted by Crippen LogP contribution is 2.06. The third kappa shape index (κ3) is 4.87. The zero-order valence-corrected chi connectivity index (χ0v) is 9.43. The standard InChI is InChI=1S/C8H21NO2Si/c1-4-6-10-12(3,8-9)11-7-5-2/h4-9H2,1-3H3. The normalized spacial score (nSPS) is 12.0. The Balaban J connectivity index is 3.70. The zero-order chi connectivity index (χ0) is 9.45. The van der Waals surface area contributed by atoms with Gasteiger partial charge >= 0.3 is 8.56 Å². The molecular weight excluding hydrogens is 170 g/mol. The van der Waals surface area contributed by atoms with E-state index < -0.39 is 8.56 Å². The van der Waals surface area contributed by atoms with Crippen LogP contribution in [-0.2, 0) is 8.85 Å². The van der Waals surface area contributed by atoms with Crippen LogP contribution in [-0.4, -0.2) is 27.9 Å². The fraction of sp³-hybridized carbons (Fsp3) is 1.00. The first-order valence-corrected chi connectivity index (χ1v) is 7.19. The van der Waals surface area contributed by atoms with Crippen molar-refractivity contribution in [1.82, 2.24) is 0 Å². The largest absolute Gasteiger partial charge is 0.394 e. The van der Waals surface area contributed by atoms with Gasteiger partial charge < -0.3 is 14.6 Å². The predicted molar refractivity (Wildman–Crippen MR) is 53.2 cm³/mol. The summed E-state index contributed by atoms with van der Waals surface area (Å²) in [6.45, 7) is 7.74. The first-order chi connectivity index (χ1) is 5.68. The summed E-state index contributed by atoms with van der Waals surface area (Å²) in [5, 5.41) is 0. The number of nitrogens with two attached hydrogens (primary N) is 1. The molecule has 0 aromatic carbocycles. The molecule has 12 heavy (non-hydrogen) atoms. The molecule has 0 aliphatic carbocycles. The molecular formula is C8H21NO2Si. The minimum Gasteiger partial charge on any atom is -0.394 e. The van der Waals surface area contributed by atoms with Gasteiger partial charge in [-0.25, -0.2) is 0 Å². The maximum absolute atomic E-state index is 5.62. The smallest absolute Gasteiger partial charge is 0.348 e. The molecule has 0 aliphatic heterocycles. The van der Waals surface area contributed by atoms with Gasteiger partial charge in [-0.2, -0.15) is 0 Å². The summed E-state index contributed by atoms with van der Waals surface area (Å²) in [5.74, 6) is 0. The van der Waals surface area contributed by atoms with Crippen molar-refractivity contribution in [2.45, 2.75) is 33.2 Å². The van der Waals surface area contributed by atoms with Gasteiger partial charge in [0.25, 0.3) is 0 Å². The van der Waals surface area contributed by atoms with Crippen LogP contribution in [0.4, 0.5) is 0 Å². The highest BCUT2D eigenvalue weighted by molar-refractivity contribution is 6.66. The molecule has 2 N–H and O–H groups in total. The van der Waals surface area contributed by atoms with E-state index in [1.165, 1.54) is 0 Å². The Kier molecular flexibility index (Phi) is 6.65. The van der Waals surface area contributed by atoms with Crippen LogP contribution in [0.5, 0.6) is 0 Å². The summed E-state index contributed by atoms with van der Waals surface area (Å²) in [4.78, 5) is 0. The Labute approximate surface area is 76.5 Å². The lowest BCUT2D eigenvalue weighted by Gasteiger charge is -2.24. The molecule has 0 amide bonds. The minimum absolute atomic E-state index is 0.549. The average Bonchev–Trinajstić information content (AvgIpc) is 2.11. The second-order valence-corrected chi connectivity index (χ2v) is 6.29. The lowest BCUT2D eigenvalue weighted by Crippen LogP contribution is -2.47. The van der Waals surface area contributed by atoms with Crippen molar-refractivity contribution in [3.63, 3.8) is 0 Å². The molecule has 0 atom stereocenters. The van der Waals surface area contributed by atoms with Gasteiger partial charge in [-0.1, -0.05) is 13.8 Å². The van der Waals surface area contributed by atoms with Gasteiger partial charge in [-0.15, -0.1) is 0 Å². The zero-order valence-electron chi connectivity index (χ0n) is 8.43. The monoisotopic (exact) mass is 191 g/mol. The average molecular weight is 191 g/mol. The molecule has 0 rings (SSSR count). The van der Waals surface area contributed by atoms with Gasteiger partial charge in [0.05, 0.1) is 0 Å². The SMILES string of the molecule is CCCO[Si](C)(CN)OCCC. The fourth-order valence-corrected chi connectivity index (χ4v) is 2.39. The van der Waals surface area contributed by atoms with Crippen LogP contribution in [0.1, 0.15) is 26.7 Å². The van der Waals surface area contributed by atoms with Crippen molar-refractivity contribution in [3.8, 4) is 0 Å². The Hall–Kier alpha value is 0.0969. The van der Waals surface area contributed by atoms with Crippen LogP contribution in [0.2, 0.25) is 6.55 Å². The Bertz CT molecular complexity index is 103. The third-order valence-electron chi connectivity index (χ3n) is 1.59. The van der Waals surface area contributed by atoms with Gasteiger partial charge in [-0.3, -0.25) is 0 Å². The highest BCUT2D eigenvalue weighted by atomic mass is 28.4. The van der Waals surface area contributed by atoms with Crippen molar-refractivity contribution < 1.29 is 8.85 Å². The van der Waals surface area contributed by atoms with Gasteiger partial charge in [0.1, 0.15) is 0 Å². The van der Waals surface area contributed by atoms with Crippen LogP contribution in [0.3, 0.4) is 0 Å². The molecule has 0 bridgehead atoms. The molecule has 0 aromatic heterocycles. The Morgan fingerprint density at radius 3 is 1.75 bits per heavy atom. The maximum Gasteiger partial charge on any atom is 0.348 e. The highest BCUT2D eigenvalue weighted by Gasteiger charge is 2.28. The van der Waals surface area contributed by atoms with E-state index in [2.05, 4.69) is 13.8 Å². The van der Waals surface area contributed by atoms with Crippen molar-refractivity contribution in [3.05, 3.63) is 0 Å². The first kappa shape index (κ1) is 12.1. The molecule has 0 aliphatic rings. The van der Waals surface area contributed by atoms with Crippen LogP contribution in [0.25, 0.3) is 0 Å². The molecule has 4 heteroatoms. The number of rotatable bonds is 7. The lowest BCUT2D eigenvalue weighted by molar-refractivity contribution is 0.174. The molecule has 0 aromatic rings. The summed E-state index contributed by atoms with van der Waals surface area (Å²) in [6.07, 6.45) is 2.60. The second-order valence-electron chi connectivity index (χ2n) is 3.03. The Morgan fingerprint density at radius 2 is 1.50 bits per heavy atom. The number of hydrogen-bond donors (Lipinski definition) is 1. The summed E-state index contributed by atoms with van der Waals surface area (Å²) >= 11 is 0. The maximum atomic E-state index is 5.62. The quantitative estimate of drug-likeness (QED) is 0.619.